The lowest BCUT2D eigenvalue weighted by Gasteiger charge is -2.33. The second kappa shape index (κ2) is 7.77. The van der Waals surface area contributed by atoms with Gasteiger partial charge in [0.2, 0.25) is 0 Å². The minimum absolute atomic E-state index is 0.114. The van der Waals surface area contributed by atoms with Crippen molar-refractivity contribution >= 4 is 60.6 Å². The van der Waals surface area contributed by atoms with Crippen molar-refractivity contribution in [3.8, 4) is 0 Å². The monoisotopic (exact) mass is 548 g/mol. The maximum atomic E-state index is 13.8. The van der Waals surface area contributed by atoms with Crippen LogP contribution in [0.5, 0.6) is 0 Å². The van der Waals surface area contributed by atoms with Gasteiger partial charge in [-0.2, -0.15) is 18.3 Å². The molecule has 11 heteroatoms. The molecule has 2 unspecified atom stereocenters. The predicted octanol–water partition coefficient (Wildman–Crippen LogP) is 6.38. The quantitative estimate of drug-likeness (QED) is 0.398. The molecule has 29 heavy (non-hydrogen) atoms. The van der Waals surface area contributed by atoms with Crippen LogP contribution in [0.3, 0.4) is 0 Å². The molecule has 2 aromatic heterocycles. The summed E-state index contributed by atoms with van der Waals surface area (Å²) in [7, 11) is 0. The zero-order valence-corrected chi connectivity index (χ0v) is 18.5. The van der Waals surface area contributed by atoms with Gasteiger partial charge in [0, 0.05) is 21.5 Å². The zero-order chi connectivity index (χ0) is 20.8. The maximum absolute atomic E-state index is 13.8. The summed E-state index contributed by atoms with van der Waals surface area (Å²) in [6.45, 7) is 0. The van der Waals surface area contributed by atoms with Crippen LogP contribution in [0.1, 0.15) is 33.9 Å². The van der Waals surface area contributed by atoms with Crippen molar-refractivity contribution in [1.82, 2.24) is 9.78 Å². The molecule has 0 radical (unpaired) electrons. The van der Waals surface area contributed by atoms with E-state index in [2.05, 4.69) is 47.6 Å². The van der Waals surface area contributed by atoms with Crippen LogP contribution >= 0.6 is 43.2 Å². The topological polar surface area (TPSA) is 59.0 Å². The molecule has 1 amide bonds. The lowest BCUT2D eigenvalue weighted by molar-refractivity contribution is -0.173. The lowest BCUT2D eigenvalue weighted by atomic mass is 10.0. The van der Waals surface area contributed by atoms with Crippen molar-refractivity contribution in [2.45, 2.75) is 24.7 Å². The van der Waals surface area contributed by atoms with Crippen LogP contribution in [-0.4, -0.2) is 21.9 Å². The Morgan fingerprint density at radius 1 is 1.24 bits per heavy atom. The van der Waals surface area contributed by atoms with E-state index >= 15 is 0 Å². The molecule has 1 aliphatic heterocycles. The van der Waals surface area contributed by atoms with Crippen molar-refractivity contribution in [2.75, 3.05) is 10.6 Å². The number of hydrogen-bond acceptors (Lipinski definition) is 4. The van der Waals surface area contributed by atoms with Crippen LogP contribution in [0.4, 0.5) is 24.7 Å². The highest BCUT2D eigenvalue weighted by atomic mass is 79.9. The number of hydrogen-bond donors (Lipinski definition) is 2. The fraction of sp³-hybridized carbons (Fsp3) is 0.222. The van der Waals surface area contributed by atoms with Crippen LogP contribution in [-0.2, 0) is 0 Å². The third kappa shape index (κ3) is 4.08. The molecule has 1 aliphatic rings. The molecule has 0 fully saturated rings. The second-order valence-corrected chi connectivity index (χ2v) is 9.11. The number of anilines is 2. The Hall–Kier alpha value is -1.85. The van der Waals surface area contributed by atoms with Gasteiger partial charge in [-0.25, -0.2) is 4.68 Å². The van der Waals surface area contributed by atoms with Crippen molar-refractivity contribution in [3.63, 3.8) is 0 Å². The summed E-state index contributed by atoms with van der Waals surface area (Å²) in [6.07, 6.45) is -4.71. The Bertz CT molecular complexity index is 1030. The van der Waals surface area contributed by atoms with Gasteiger partial charge >= 0.3 is 6.18 Å². The molecule has 0 saturated carbocycles. The Morgan fingerprint density at radius 3 is 2.59 bits per heavy atom. The molecule has 152 valence electrons. The fourth-order valence-corrected chi connectivity index (χ4v) is 4.74. The van der Waals surface area contributed by atoms with Crippen molar-refractivity contribution < 1.29 is 18.0 Å². The minimum Gasteiger partial charge on any atom is -0.362 e. The minimum atomic E-state index is -4.50. The van der Waals surface area contributed by atoms with Crippen LogP contribution in [0, 0.1) is 0 Å². The third-order valence-corrected chi connectivity index (χ3v) is 6.77. The number of rotatable bonds is 3. The van der Waals surface area contributed by atoms with E-state index in [1.165, 1.54) is 11.3 Å². The summed E-state index contributed by atoms with van der Waals surface area (Å²) in [5, 5.41) is 11.6. The SMILES string of the molecule is O=C(Nc1ccc(Br)cc1)c1nn2c(c1Br)NC(c1cccs1)CC2C(F)(F)F. The van der Waals surface area contributed by atoms with Gasteiger partial charge in [-0.1, -0.05) is 22.0 Å². The summed E-state index contributed by atoms with van der Waals surface area (Å²) < 4.78 is 43.2. The fourth-order valence-electron chi connectivity index (χ4n) is 3.13. The van der Waals surface area contributed by atoms with Gasteiger partial charge in [-0.05, 0) is 51.6 Å². The number of benzene rings is 1. The van der Waals surface area contributed by atoms with Crippen LogP contribution in [0.25, 0.3) is 0 Å². The molecule has 0 spiro atoms. The number of nitrogens with zero attached hydrogens (tertiary/aromatic N) is 2. The molecular weight excluding hydrogens is 537 g/mol. The highest BCUT2D eigenvalue weighted by Gasteiger charge is 2.48. The number of amides is 1. The Labute approximate surface area is 184 Å². The normalized spacial score (nSPS) is 18.8. The number of carbonyl (C=O) groups is 1. The van der Waals surface area contributed by atoms with Crippen molar-refractivity contribution in [2.24, 2.45) is 0 Å². The van der Waals surface area contributed by atoms with Crippen LogP contribution in [0.15, 0.2) is 50.7 Å². The highest BCUT2D eigenvalue weighted by Crippen LogP contribution is 2.46. The Morgan fingerprint density at radius 2 is 1.97 bits per heavy atom. The lowest BCUT2D eigenvalue weighted by Crippen LogP contribution is -2.35. The highest BCUT2D eigenvalue weighted by molar-refractivity contribution is 9.11. The molecule has 5 nitrogen and oxygen atoms in total. The summed E-state index contributed by atoms with van der Waals surface area (Å²) in [5.41, 5.74) is 0.393. The molecular formula is C18H13Br2F3N4OS. The van der Waals surface area contributed by atoms with E-state index in [1.54, 1.807) is 36.4 Å². The van der Waals surface area contributed by atoms with Gasteiger partial charge < -0.3 is 10.6 Å². The van der Waals surface area contributed by atoms with E-state index in [0.29, 0.717) is 5.69 Å². The first-order valence-electron chi connectivity index (χ1n) is 8.45. The van der Waals surface area contributed by atoms with Gasteiger partial charge in [-0.3, -0.25) is 4.79 Å². The number of nitrogens with one attached hydrogen (secondary N) is 2. The molecule has 0 aliphatic carbocycles. The summed E-state index contributed by atoms with van der Waals surface area (Å²) in [4.78, 5) is 13.5. The molecule has 0 saturated heterocycles. The van der Waals surface area contributed by atoms with Crippen LogP contribution < -0.4 is 10.6 Å². The Balaban J connectivity index is 1.69. The van der Waals surface area contributed by atoms with E-state index in [1.807, 2.05) is 5.38 Å². The van der Waals surface area contributed by atoms with E-state index in [-0.39, 0.29) is 22.4 Å². The number of aromatic nitrogens is 2. The third-order valence-electron chi connectivity index (χ3n) is 4.50. The molecule has 1 aromatic carbocycles. The first kappa shape index (κ1) is 20.4. The van der Waals surface area contributed by atoms with Gasteiger partial charge in [0.05, 0.1) is 10.5 Å². The number of carbonyl (C=O) groups excluding carboxylic acids is 1. The predicted molar refractivity (Wildman–Crippen MR) is 112 cm³/mol. The number of alkyl halides is 3. The van der Waals surface area contributed by atoms with Gasteiger partial charge in [0.25, 0.3) is 5.91 Å². The smallest absolute Gasteiger partial charge is 0.362 e. The summed E-state index contributed by atoms with van der Waals surface area (Å²) >= 11 is 7.95. The summed E-state index contributed by atoms with van der Waals surface area (Å²) in [6, 6.07) is 8.07. The standard InChI is InChI=1S/C18H13Br2F3N4OS/c19-9-3-5-10(6-4-9)24-17(28)15-14(20)16-25-11(12-2-1-7-29-12)8-13(18(21,22)23)27(16)26-15/h1-7,11,13,25H,8H2,(H,24,28). The number of halogens is 5. The molecule has 4 rings (SSSR count). The van der Waals surface area contributed by atoms with E-state index in [4.69, 9.17) is 0 Å². The number of thiophene rings is 1. The zero-order valence-electron chi connectivity index (χ0n) is 14.5. The molecule has 3 aromatic rings. The van der Waals surface area contributed by atoms with E-state index in [9.17, 15) is 18.0 Å². The van der Waals surface area contributed by atoms with E-state index < -0.39 is 24.2 Å². The second-order valence-electron chi connectivity index (χ2n) is 6.42. The first-order valence-corrected chi connectivity index (χ1v) is 10.9. The molecule has 3 heterocycles. The number of fused-ring (bicyclic) bond motifs is 1. The average molecular weight is 550 g/mol. The van der Waals surface area contributed by atoms with Crippen molar-refractivity contribution in [1.29, 1.82) is 0 Å². The Kier molecular flexibility index (Phi) is 5.47. The molecule has 0 bridgehead atoms. The van der Waals surface area contributed by atoms with Crippen LogP contribution in [0.2, 0.25) is 0 Å². The van der Waals surface area contributed by atoms with Gasteiger partial charge in [0.1, 0.15) is 5.82 Å². The molecule has 2 N–H and O–H groups in total. The molecule has 2 atom stereocenters. The maximum Gasteiger partial charge on any atom is 0.410 e. The average Bonchev–Trinajstić information content (AvgIpc) is 3.31. The van der Waals surface area contributed by atoms with Gasteiger partial charge in [-0.15, -0.1) is 11.3 Å². The largest absolute Gasteiger partial charge is 0.410 e. The van der Waals surface area contributed by atoms with Crippen molar-refractivity contribution in [3.05, 3.63) is 61.3 Å². The van der Waals surface area contributed by atoms with Gasteiger partial charge in [0.15, 0.2) is 11.7 Å². The van der Waals surface area contributed by atoms with E-state index in [0.717, 1.165) is 14.0 Å². The summed E-state index contributed by atoms with van der Waals surface area (Å²) in [5.74, 6) is -0.463. The first-order chi connectivity index (χ1) is 13.7.